The summed E-state index contributed by atoms with van der Waals surface area (Å²) >= 11 is 3.70. The Hall–Kier alpha value is -3.01. The molecule has 6 rings (SSSR count). The van der Waals surface area contributed by atoms with E-state index in [1.807, 2.05) is 28.9 Å². The maximum absolute atomic E-state index is 4.92. The Kier molecular flexibility index (Phi) is 4.91. The van der Waals surface area contributed by atoms with E-state index in [-0.39, 0.29) is 5.41 Å². The number of hydrogen-bond acceptors (Lipinski definition) is 3. The molecule has 0 aliphatic rings. The zero-order valence-corrected chi connectivity index (χ0v) is 21.8. The first-order chi connectivity index (χ1) is 16.3. The average molecular weight is 478 g/mol. The molecule has 0 spiro atoms. The monoisotopic (exact) mass is 477 g/mol. The number of rotatable bonds is 2. The summed E-state index contributed by atoms with van der Waals surface area (Å²) in [7, 11) is 0. The van der Waals surface area contributed by atoms with Crippen LogP contribution >= 0.6 is 22.7 Å². The third kappa shape index (κ3) is 3.38. The predicted octanol–water partition coefficient (Wildman–Crippen LogP) is 9.91. The third-order valence-corrected chi connectivity index (χ3v) is 9.27. The van der Waals surface area contributed by atoms with Crippen molar-refractivity contribution in [3.63, 3.8) is 0 Å². The van der Waals surface area contributed by atoms with Crippen molar-refractivity contribution in [2.75, 3.05) is 0 Å². The molecule has 0 unspecified atom stereocenters. The highest BCUT2D eigenvalue weighted by atomic mass is 32.1. The van der Waals surface area contributed by atoms with Gasteiger partial charge in [0.1, 0.15) is 0 Å². The topological polar surface area (TPSA) is 12.9 Å². The molecule has 6 aromatic rings. The number of aryl methyl sites for hydroxylation is 2. The Morgan fingerprint density at radius 3 is 2.44 bits per heavy atom. The van der Waals surface area contributed by atoms with Crippen molar-refractivity contribution >= 4 is 53.6 Å². The van der Waals surface area contributed by atoms with Gasteiger partial charge in [0.15, 0.2) is 0 Å². The standard InChI is InChI=1S/C31H27NS2/c1-18-17-33-27-11-10-21(15-25(18)27)29-19(2)23-12-13-32-28(30(23)34-29)22-14-20-8-6-7-9-24(20)26(16-22)31(3,4)5/h6-17H,1-5H3. The summed E-state index contributed by atoms with van der Waals surface area (Å²) in [6, 6.07) is 22.5. The summed E-state index contributed by atoms with van der Waals surface area (Å²) in [5, 5.41) is 7.52. The number of pyridine rings is 1. The van der Waals surface area contributed by atoms with Crippen LogP contribution < -0.4 is 0 Å². The van der Waals surface area contributed by atoms with Crippen LogP contribution in [-0.2, 0) is 5.41 Å². The molecule has 0 fully saturated rings. The zero-order chi connectivity index (χ0) is 23.6. The number of benzene rings is 3. The lowest BCUT2D eigenvalue weighted by Crippen LogP contribution is -2.12. The summed E-state index contributed by atoms with van der Waals surface area (Å²) in [5.74, 6) is 0. The summed E-state index contributed by atoms with van der Waals surface area (Å²) in [5.41, 5.74) is 7.70. The Morgan fingerprint density at radius 2 is 1.62 bits per heavy atom. The van der Waals surface area contributed by atoms with Gasteiger partial charge in [-0.2, -0.15) is 0 Å². The average Bonchev–Trinajstić information content (AvgIpc) is 3.37. The van der Waals surface area contributed by atoms with Crippen LogP contribution in [0, 0.1) is 13.8 Å². The molecule has 3 aromatic heterocycles. The minimum absolute atomic E-state index is 0.0494. The normalized spacial score (nSPS) is 12.3. The van der Waals surface area contributed by atoms with E-state index in [2.05, 4.69) is 101 Å². The van der Waals surface area contributed by atoms with E-state index in [1.165, 1.54) is 63.6 Å². The molecule has 0 radical (unpaired) electrons. The fraction of sp³-hybridized carbons (Fsp3) is 0.194. The van der Waals surface area contributed by atoms with Gasteiger partial charge in [-0.15, -0.1) is 22.7 Å². The lowest BCUT2D eigenvalue weighted by atomic mass is 9.82. The van der Waals surface area contributed by atoms with Crippen LogP contribution in [0.1, 0.15) is 37.5 Å². The molecule has 3 heterocycles. The number of fused-ring (bicyclic) bond motifs is 3. The molecule has 34 heavy (non-hydrogen) atoms. The molecule has 0 N–H and O–H groups in total. The second-order valence-corrected chi connectivity index (χ2v) is 12.1. The minimum atomic E-state index is 0.0494. The molecule has 0 amide bonds. The summed E-state index contributed by atoms with van der Waals surface area (Å²) in [6.45, 7) is 11.3. The molecular formula is C31H27NS2. The maximum Gasteiger partial charge on any atom is 0.0880 e. The molecule has 168 valence electrons. The summed E-state index contributed by atoms with van der Waals surface area (Å²) in [4.78, 5) is 6.26. The van der Waals surface area contributed by atoms with Crippen LogP contribution in [0.3, 0.4) is 0 Å². The van der Waals surface area contributed by atoms with Crippen molar-refractivity contribution in [1.29, 1.82) is 0 Å². The predicted molar refractivity (Wildman–Crippen MR) is 152 cm³/mol. The van der Waals surface area contributed by atoms with E-state index in [0.29, 0.717) is 0 Å². The maximum atomic E-state index is 4.92. The highest BCUT2D eigenvalue weighted by Gasteiger charge is 2.21. The van der Waals surface area contributed by atoms with Crippen molar-refractivity contribution in [3.8, 4) is 21.7 Å². The molecule has 0 saturated carbocycles. The second kappa shape index (κ2) is 7.76. The van der Waals surface area contributed by atoms with Crippen LogP contribution in [0.5, 0.6) is 0 Å². The summed E-state index contributed by atoms with van der Waals surface area (Å²) in [6.07, 6.45) is 1.97. The van der Waals surface area contributed by atoms with Gasteiger partial charge in [-0.25, -0.2) is 0 Å². The lowest BCUT2D eigenvalue weighted by molar-refractivity contribution is 0.596. The minimum Gasteiger partial charge on any atom is -0.255 e. The SMILES string of the molecule is Cc1csc2ccc(-c3sc4c(-c5cc(C(C)(C)C)c6ccccc6c5)nccc4c3C)cc12. The first-order valence-corrected chi connectivity index (χ1v) is 13.4. The van der Waals surface area contributed by atoms with Crippen molar-refractivity contribution in [3.05, 3.63) is 88.9 Å². The highest BCUT2D eigenvalue weighted by molar-refractivity contribution is 7.23. The third-order valence-electron chi connectivity index (χ3n) is 6.83. The first-order valence-electron chi connectivity index (χ1n) is 11.7. The van der Waals surface area contributed by atoms with Gasteiger partial charge in [-0.1, -0.05) is 51.1 Å². The molecular weight excluding hydrogens is 450 g/mol. The van der Waals surface area contributed by atoms with Gasteiger partial charge in [0.2, 0.25) is 0 Å². The number of thiophene rings is 2. The van der Waals surface area contributed by atoms with Gasteiger partial charge in [-0.3, -0.25) is 4.98 Å². The van der Waals surface area contributed by atoms with Crippen molar-refractivity contribution in [2.24, 2.45) is 0 Å². The number of hydrogen-bond donors (Lipinski definition) is 0. The quantitative estimate of drug-likeness (QED) is 0.242. The van der Waals surface area contributed by atoms with Crippen LogP contribution in [0.4, 0.5) is 0 Å². The molecule has 0 aliphatic carbocycles. The van der Waals surface area contributed by atoms with E-state index >= 15 is 0 Å². The first kappa shape index (κ1) is 21.5. The van der Waals surface area contributed by atoms with Gasteiger partial charge in [-0.05, 0) is 98.8 Å². The van der Waals surface area contributed by atoms with E-state index < -0.39 is 0 Å². The molecule has 0 saturated heterocycles. The van der Waals surface area contributed by atoms with E-state index in [0.717, 1.165) is 5.69 Å². The Labute approximate surface area is 208 Å². The van der Waals surface area contributed by atoms with E-state index in [4.69, 9.17) is 4.98 Å². The highest BCUT2D eigenvalue weighted by Crippen LogP contribution is 2.44. The van der Waals surface area contributed by atoms with Crippen LogP contribution in [0.15, 0.2) is 72.2 Å². The van der Waals surface area contributed by atoms with Gasteiger partial charge < -0.3 is 0 Å². The molecule has 0 aliphatic heterocycles. The Balaban J connectivity index is 1.59. The fourth-order valence-electron chi connectivity index (χ4n) is 4.99. The largest absolute Gasteiger partial charge is 0.255 e. The number of aromatic nitrogens is 1. The summed E-state index contributed by atoms with van der Waals surface area (Å²) < 4.78 is 2.63. The van der Waals surface area contributed by atoms with Crippen molar-refractivity contribution in [2.45, 2.75) is 40.0 Å². The van der Waals surface area contributed by atoms with Gasteiger partial charge >= 0.3 is 0 Å². The molecule has 3 heteroatoms. The molecule has 0 bridgehead atoms. The molecule has 0 atom stereocenters. The Morgan fingerprint density at radius 1 is 0.794 bits per heavy atom. The van der Waals surface area contributed by atoms with Gasteiger partial charge in [0.05, 0.1) is 10.4 Å². The number of nitrogens with zero attached hydrogens (tertiary/aromatic N) is 1. The molecule has 1 nitrogen and oxygen atoms in total. The van der Waals surface area contributed by atoms with Gasteiger partial charge in [0, 0.05) is 21.3 Å². The smallest absolute Gasteiger partial charge is 0.0880 e. The van der Waals surface area contributed by atoms with Crippen molar-refractivity contribution < 1.29 is 0 Å². The molecule has 3 aromatic carbocycles. The van der Waals surface area contributed by atoms with Crippen LogP contribution in [0.25, 0.3) is 52.6 Å². The fourth-order valence-corrected chi connectivity index (χ4v) is 7.23. The second-order valence-electron chi connectivity index (χ2n) is 10.2. The van der Waals surface area contributed by atoms with E-state index in [9.17, 15) is 0 Å². The van der Waals surface area contributed by atoms with E-state index in [1.54, 1.807) is 0 Å². The van der Waals surface area contributed by atoms with Gasteiger partial charge in [0.25, 0.3) is 0 Å². The van der Waals surface area contributed by atoms with Crippen LogP contribution in [-0.4, -0.2) is 4.98 Å². The Bertz CT molecular complexity index is 1710. The lowest BCUT2D eigenvalue weighted by Gasteiger charge is -2.22. The van der Waals surface area contributed by atoms with Crippen LogP contribution in [0.2, 0.25) is 0 Å². The van der Waals surface area contributed by atoms with Crippen molar-refractivity contribution in [1.82, 2.24) is 4.98 Å². The zero-order valence-electron chi connectivity index (χ0n) is 20.2.